The molecule has 1 aliphatic carbocycles. The van der Waals surface area contributed by atoms with Gasteiger partial charge >= 0.3 is 0 Å². The van der Waals surface area contributed by atoms with E-state index in [0.29, 0.717) is 11.3 Å². The van der Waals surface area contributed by atoms with Crippen molar-refractivity contribution in [1.29, 1.82) is 0 Å². The molecule has 2 rings (SSSR count). The molecule has 0 atom stereocenters. The number of nitrogens with two attached hydrogens (primary N) is 1. The van der Waals surface area contributed by atoms with Gasteiger partial charge in [0.1, 0.15) is 0 Å². The van der Waals surface area contributed by atoms with Crippen LogP contribution in [0.5, 0.6) is 0 Å². The molecule has 1 amide bonds. The maximum atomic E-state index is 12.1. The molecule has 1 saturated carbocycles. The highest BCUT2D eigenvalue weighted by atomic mass is 32.2. The van der Waals surface area contributed by atoms with Gasteiger partial charge in [0.15, 0.2) is 0 Å². The van der Waals surface area contributed by atoms with E-state index in [1.165, 1.54) is 25.7 Å². The maximum Gasteiger partial charge on any atom is 0.251 e. The topological polar surface area (TPSA) is 55.1 Å². The number of carbonyl (C=O) groups is 1. The van der Waals surface area contributed by atoms with Gasteiger partial charge in [-0.05, 0) is 43.7 Å². The van der Waals surface area contributed by atoms with Crippen molar-refractivity contribution in [2.75, 3.05) is 18.5 Å². The Morgan fingerprint density at radius 2 is 2.11 bits per heavy atom. The summed E-state index contributed by atoms with van der Waals surface area (Å²) in [5.74, 6) is -0.0213. The standard InChI is InChI=1S/C15H22N2OS/c1-11-5-6-12(9-13(11)16)14(18)17-10-15(19-2)7-3-4-8-15/h5-6,9H,3-4,7-8,10,16H2,1-2H3,(H,17,18). The van der Waals surface area contributed by atoms with E-state index in [-0.39, 0.29) is 10.7 Å². The number of benzene rings is 1. The second-order valence-corrected chi connectivity index (χ2v) is 6.62. The second kappa shape index (κ2) is 5.87. The van der Waals surface area contributed by atoms with E-state index in [9.17, 15) is 4.79 Å². The molecule has 0 saturated heterocycles. The first-order chi connectivity index (χ1) is 9.06. The summed E-state index contributed by atoms with van der Waals surface area (Å²) in [4.78, 5) is 12.1. The van der Waals surface area contributed by atoms with Crippen LogP contribution < -0.4 is 11.1 Å². The fraction of sp³-hybridized carbons (Fsp3) is 0.533. The number of nitrogen functional groups attached to an aromatic ring is 1. The van der Waals surface area contributed by atoms with E-state index in [2.05, 4.69) is 11.6 Å². The van der Waals surface area contributed by atoms with E-state index < -0.39 is 0 Å². The van der Waals surface area contributed by atoms with Gasteiger partial charge in [0.25, 0.3) is 5.91 Å². The lowest BCUT2D eigenvalue weighted by atomic mass is 10.1. The smallest absolute Gasteiger partial charge is 0.251 e. The minimum absolute atomic E-state index is 0.0213. The fourth-order valence-electron chi connectivity index (χ4n) is 2.60. The van der Waals surface area contributed by atoms with Crippen molar-refractivity contribution >= 4 is 23.4 Å². The summed E-state index contributed by atoms with van der Waals surface area (Å²) in [5, 5.41) is 3.06. The van der Waals surface area contributed by atoms with Crippen LogP contribution in [0.3, 0.4) is 0 Å². The molecule has 1 aromatic carbocycles. The molecule has 0 radical (unpaired) electrons. The number of nitrogens with one attached hydrogen (secondary N) is 1. The number of carbonyl (C=O) groups excluding carboxylic acids is 1. The van der Waals surface area contributed by atoms with E-state index >= 15 is 0 Å². The largest absolute Gasteiger partial charge is 0.398 e. The number of hydrogen-bond donors (Lipinski definition) is 2. The predicted molar refractivity (Wildman–Crippen MR) is 82.6 cm³/mol. The molecule has 0 aromatic heterocycles. The third-order valence-electron chi connectivity index (χ3n) is 4.06. The summed E-state index contributed by atoms with van der Waals surface area (Å²) in [6, 6.07) is 5.48. The molecule has 1 fully saturated rings. The average Bonchev–Trinajstić information content (AvgIpc) is 2.89. The average molecular weight is 278 g/mol. The van der Waals surface area contributed by atoms with Crippen LogP contribution in [0, 0.1) is 6.92 Å². The molecule has 0 unspecified atom stereocenters. The van der Waals surface area contributed by atoms with E-state index in [4.69, 9.17) is 5.73 Å². The van der Waals surface area contributed by atoms with Crippen molar-refractivity contribution in [3.63, 3.8) is 0 Å². The van der Waals surface area contributed by atoms with Crippen LogP contribution in [0.25, 0.3) is 0 Å². The van der Waals surface area contributed by atoms with Gasteiger partial charge in [-0.3, -0.25) is 4.79 Å². The van der Waals surface area contributed by atoms with Gasteiger partial charge < -0.3 is 11.1 Å². The van der Waals surface area contributed by atoms with Crippen LogP contribution in [0.4, 0.5) is 5.69 Å². The second-order valence-electron chi connectivity index (χ2n) is 5.35. The first-order valence-electron chi connectivity index (χ1n) is 6.76. The monoisotopic (exact) mass is 278 g/mol. The molecular formula is C15H22N2OS. The van der Waals surface area contributed by atoms with Crippen LogP contribution in [-0.4, -0.2) is 23.5 Å². The Morgan fingerprint density at radius 3 is 2.68 bits per heavy atom. The number of rotatable bonds is 4. The number of thioether (sulfide) groups is 1. The van der Waals surface area contributed by atoms with Gasteiger partial charge in [-0.15, -0.1) is 0 Å². The summed E-state index contributed by atoms with van der Waals surface area (Å²) < 4.78 is 0.242. The minimum atomic E-state index is -0.0213. The van der Waals surface area contributed by atoms with Crippen LogP contribution in [0.1, 0.15) is 41.6 Å². The Labute approximate surface area is 119 Å². The molecular weight excluding hydrogens is 256 g/mol. The lowest BCUT2D eigenvalue weighted by molar-refractivity contribution is 0.0949. The normalized spacial score (nSPS) is 17.4. The Hall–Kier alpha value is -1.16. The van der Waals surface area contributed by atoms with Crippen LogP contribution in [0.2, 0.25) is 0 Å². The Morgan fingerprint density at radius 1 is 1.42 bits per heavy atom. The summed E-state index contributed by atoms with van der Waals surface area (Å²) in [7, 11) is 0. The molecule has 104 valence electrons. The number of hydrogen-bond acceptors (Lipinski definition) is 3. The quantitative estimate of drug-likeness (QED) is 0.833. The summed E-state index contributed by atoms with van der Waals surface area (Å²) in [6.45, 7) is 2.69. The SMILES string of the molecule is CSC1(CNC(=O)c2ccc(C)c(N)c2)CCCC1. The fourth-order valence-corrected chi connectivity index (χ4v) is 3.51. The molecule has 0 spiro atoms. The van der Waals surface area contributed by atoms with Gasteiger partial charge in [-0.1, -0.05) is 18.9 Å². The highest BCUT2D eigenvalue weighted by molar-refractivity contribution is 8.00. The van der Waals surface area contributed by atoms with Gasteiger partial charge in [-0.2, -0.15) is 11.8 Å². The van der Waals surface area contributed by atoms with Crippen molar-refractivity contribution in [2.45, 2.75) is 37.4 Å². The molecule has 1 aliphatic rings. The van der Waals surface area contributed by atoms with Crippen LogP contribution in [-0.2, 0) is 0 Å². The van der Waals surface area contributed by atoms with E-state index in [0.717, 1.165) is 12.1 Å². The third-order valence-corrected chi connectivity index (χ3v) is 5.48. The molecule has 3 nitrogen and oxygen atoms in total. The molecule has 0 aliphatic heterocycles. The van der Waals surface area contributed by atoms with E-state index in [1.54, 1.807) is 6.07 Å². The summed E-state index contributed by atoms with van der Waals surface area (Å²) in [5.41, 5.74) is 8.18. The van der Waals surface area contributed by atoms with Gasteiger partial charge in [-0.25, -0.2) is 0 Å². The van der Waals surface area contributed by atoms with Gasteiger partial charge in [0.2, 0.25) is 0 Å². The van der Waals surface area contributed by atoms with Crippen molar-refractivity contribution in [3.05, 3.63) is 29.3 Å². The zero-order chi connectivity index (χ0) is 13.9. The maximum absolute atomic E-state index is 12.1. The highest BCUT2D eigenvalue weighted by Gasteiger charge is 2.33. The first-order valence-corrected chi connectivity index (χ1v) is 7.98. The van der Waals surface area contributed by atoms with Gasteiger partial charge in [0, 0.05) is 22.5 Å². The first kappa shape index (κ1) is 14.3. The van der Waals surface area contributed by atoms with Crippen molar-refractivity contribution in [1.82, 2.24) is 5.32 Å². The van der Waals surface area contributed by atoms with Crippen molar-refractivity contribution < 1.29 is 4.79 Å². The van der Waals surface area contributed by atoms with E-state index in [1.807, 2.05) is 30.8 Å². The molecule has 4 heteroatoms. The number of aryl methyl sites for hydroxylation is 1. The zero-order valence-corrected chi connectivity index (χ0v) is 12.5. The molecule has 1 aromatic rings. The number of anilines is 1. The van der Waals surface area contributed by atoms with Crippen LogP contribution >= 0.6 is 11.8 Å². The minimum Gasteiger partial charge on any atom is -0.398 e. The van der Waals surface area contributed by atoms with Crippen LogP contribution in [0.15, 0.2) is 18.2 Å². The lowest BCUT2D eigenvalue weighted by Crippen LogP contribution is -2.38. The predicted octanol–water partition coefficient (Wildman–Crippen LogP) is 2.98. The Balaban J connectivity index is 1.99. The van der Waals surface area contributed by atoms with Crippen molar-refractivity contribution in [2.24, 2.45) is 0 Å². The zero-order valence-electron chi connectivity index (χ0n) is 11.7. The van der Waals surface area contributed by atoms with Gasteiger partial charge in [0.05, 0.1) is 0 Å². The molecule has 0 bridgehead atoms. The number of amides is 1. The summed E-state index contributed by atoms with van der Waals surface area (Å²) >= 11 is 1.88. The highest BCUT2D eigenvalue weighted by Crippen LogP contribution is 2.39. The third kappa shape index (κ3) is 3.24. The lowest BCUT2D eigenvalue weighted by Gasteiger charge is -2.26. The van der Waals surface area contributed by atoms with Crippen molar-refractivity contribution in [3.8, 4) is 0 Å². The Kier molecular flexibility index (Phi) is 4.40. The summed E-state index contributed by atoms with van der Waals surface area (Å²) in [6.07, 6.45) is 7.08. The molecule has 0 heterocycles. The molecule has 19 heavy (non-hydrogen) atoms. The molecule has 3 N–H and O–H groups in total. The Bertz CT molecular complexity index is 467.